The molecule has 1 saturated heterocycles. The van der Waals surface area contributed by atoms with Gasteiger partial charge in [0.2, 0.25) is 0 Å². The maximum atomic E-state index is 5.95. The summed E-state index contributed by atoms with van der Waals surface area (Å²) in [5.74, 6) is 2.08. The second-order valence-corrected chi connectivity index (χ2v) is 7.11. The van der Waals surface area contributed by atoms with Crippen LogP contribution in [0.15, 0.2) is 46.9 Å². The quantitative estimate of drug-likeness (QED) is 0.835. The molecule has 0 amide bonds. The molecule has 4 nitrogen and oxygen atoms in total. The zero-order valence-electron chi connectivity index (χ0n) is 15.7. The van der Waals surface area contributed by atoms with E-state index in [4.69, 9.17) is 4.42 Å². The monoisotopic (exact) mass is 341 g/mol. The smallest absolute Gasteiger partial charge is 0.120 e. The Hall–Kier alpha value is -1.62. The lowest BCUT2D eigenvalue weighted by Crippen LogP contribution is -2.47. The molecular formula is C21H31N3O. The van der Waals surface area contributed by atoms with E-state index in [1.165, 1.54) is 5.56 Å². The van der Waals surface area contributed by atoms with Crippen molar-refractivity contribution in [3.63, 3.8) is 0 Å². The van der Waals surface area contributed by atoms with Crippen LogP contribution in [0.2, 0.25) is 0 Å². The van der Waals surface area contributed by atoms with Crippen molar-refractivity contribution in [1.29, 1.82) is 0 Å². The molecule has 2 aromatic rings. The van der Waals surface area contributed by atoms with E-state index in [1.807, 2.05) is 0 Å². The van der Waals surface area contributed by atoms with Gasteiger partial charge in [-0.2, -0.15) is 0 Å². The van der Waals surface area contributed by atoms with Crippen molar-refractivity contribution in [2.24, 2.45) is 0 Å². The zero-order valence-corrected chi connectivity index (χ0v) is 15.7. The molecule has 1 N–H and O–H groups in total. The molecule has 1 aromatic heterocycles. The Morgan fingerprint density at radius 2 is 1.76 bits per heavy atom. The number of hydrogen-bond acceptors (Lipinski definition) is 4. The number of benzene rings is 1. The van der Waals surface area contributed by atoms with E-state index < -0.39 is 0 Å². The topological polar surface area (TPSA) is 31.6 Å². The fourth-order valence-electron chi connectivity index (χ4n) is 3.43. The Morgan fingerprint density at radius 3 is 2.40 bits per heavy atom. The molecule has 1 aliphatic rings. The minimum atomic E-state index is 0.193. The van der Waals surface area contributed by atoms with Gasteiger partial charge in [-0.25, -0.2) is 0 Å². The van der Waals surface area contributed by atoms with Gasteiger partial charge < -0.3 is 9.32 Å². The SMILES string of the molecule is CCc1ccc([C@@H](C)N[C@@H](CN2CCN(C)CC2)c2ccccc2)o1. The zero-order chi connectivity index (χ0) is 17.6. The Labute approximate surface area is 151 Å². The summed E-state index contributed by atoms with van der Waals surface area (Å²) in [7, 11) is 2.20. The first kappa shape index (κ1) is 18.2. The lowest BCUT2D eigenvalue weighted by Gasteiger charge is -2.35. The Morgan fingerprint density at radius 1 is 1.04 bits per heavy atom. The van der Waals surface area contributed by atoms with Crippen molar-refractivity contribution in [3.8, 4) is 0 Å². The molecule has 0 bridgehead atoms. The summed E-state index contributed by atoms with van der Waals surface area (Å²) in [5, 5.41) is 3.80. The molecule has 0 unspecified atom stereocenters. The predicted octanol–water partition coefficient (Wildman–Crippen LogP) is 3.48. The van der Waals surface area contributed by atoms with E-state index in [0.717, 1.165) is 50.7 Å². The molecule has 2 heterocycles. The van der Waals surface area contributed by atoms with Gasteiger partial charge in [0.15, 0.2) is 0 Å². The van der Waals surface area contributed by atoms with Crippen LogP contribution in [-0.4, -0.2) is 49.6 Å². The molecular weight excluding hydrogens is 310 g/mol. The Bertz CT molecular complexity index is 632. The highest BCUT2D eigenvalue weighted by atomic mass is 16.3. The number of nitrogens with zero attached hydrogens (tertiary/aromatic N) is 2. The number of hydrogen-bond donors (Lipinski definition) is 1. The molecule has 136 valence electrons. The molecule has 25 heavy (non-hydrogen) atoms. The van der Waals surface area contributed by atoms with E-state index in [1.54, 1.807) is 0 Å². The van der Waals surface area contributed by atoms with Crippen LogP contribution >= 0.6 is 0 Å². The first-order chi connectivity index (χ1) is 12.2. The molecule has 0 spiro atoms. The largest absolute Gasteiger partial charge is 0.464 e. The van der Waals surface area contributed by atoms with E-state index in [2.05, 4.69) is 78.5 Å². The maximum absolute atomic E-state index is 5.95. The summed E-state index contributed by atoms with van der Waals surface area (Å²) in [6, 6.07) is 15.5. The molecule has 1 fully saturated rings. The van der Waals surface area contributed by atoms with Crippen LogP contribution in [0.25, 0.3) is 0 Å². The number of aryl methyl sites for hydroxylation is 1. The fraction of sp³-hybridized carbons (Fsp3) is 0.524. The third-order valence-electron chi connectivity index (χ3n) is 5.15. The average Bonchev–Trinajstić information content (AvgIpc) is 3.13. The first-order valence-corrected chi connectivity index (χ1v) is 9.46. The summed E-state index contributed by atoms with van der Waals surface area (Å²) in [6.07, 6.45) is 0.941. The number of likely N-dealkylation sites (N-methyl/N-ethyl adjacent to an activating group) is 1. The maximum Gasteiger partial charge on any atom is 0.120 e. The molecule has 0 saturated carbocycles. The molecule has 0 radical (unpaired) electrons. The standard InChI is InChI=1S/C21H31N3O/c1-4-19-10-11-21(25-19)17(2)22-20(18-8-6-5-7-9-18)16-24-14-12-23(3)13-15-24/h5-11,17,20,22H,4,12-16H2,1-3H3/t17-,20+/m1/s1. The molecule has 0 aliphatic carbocycles. The summed E-state index contributed by atoms with van der Waals surface area (Å²) in [6.45, 7) is 9.92. The van der Waals surface area contributed by atoms with Gasteiger partial charge in [-0.15, -0.1) is 0 Å². The lowest BCUT2D eigenvalue weighted by molar-refractivity contribution is 0.139. The van der Waals surface area contributed by atoms with Crippen molar-refractivity contribution < 1.29 is 4.42 Å². The number of rotatable bonds is 7. The van der Waals surface area contributed by atoms with E-state index >= 15 is 0 Å². The first-order valence-electron chi connectivity index (χ1n) is 9.46. The normalized spacial score (nSPS) is 19.0. The number of nitrogens with one attached hydrogen (secondary N) is 1. The van der Waals surface area contributed by atoms with E-state index in [-0.39, 0.29) is 6.04 Å². The van der Waals surface area contributed by atoms with Gasteiger partial charge in [-0.05, 0) is 31.7 Å². The third kappa shape index (κ3) is 4.94. The van der Waals surface area contributed by atoms with Crippen LogP contribution < -0.4 is 5.32 Å². The second kappa shape index (κ2) is 8.65. The summed E-state index contributed by atoms with van der Waals surface area (Å²) < 4.78 is 5.95. The van der Waals surface area contributed by atoms with Crippen molar-refractivity contribution in [2.75, 3.05) is 39.8 Å². The van der Waals surface area contributed by atoms with Crippen LogP contribution in [-0.2, 0) is 6.42 Å². The highest BCUT2D eigenvalue weighted by Gasteiger charge is 2.22. The van der Waals surface area contributed by atoms with Crippen molar-refractivity contribution in [1.82, 2.24) is 15.1 Å². The highest BCUT2D eigenvalue weighted by molar-refractivity contribution is 5.20. The van der Waals surface area contributed by atoms with Crippen LogP contribution in [0.4, 0.5) is 0 Å². The summed E-state index contributed by atoms with van der Waals surface area (Å²) in [4.78, 5) is 4.97. The van der Waals surface area contributed by atoms with E-state index in [0.29, 0.717) is 6.04 Å². The van der Waals surface area contributed by atoms with Gasteiger partial charge >= 0.3 is 0 Å². The van der Waals surface area contributed by atoms with Crippen LogP contribution in [0.1, 0.15) is 43.0 Å². The third-order valence-corrected chi connectivity index (χ3v) is 5.15. The molecule has 3 rings (SSSR count). The van der Waals surface area contributed by atoms with Gasteiger partial charge in [0, 0.05) is 45.2 Å². The van der Waals surface area contributed by atoms with Gasteiger partial charge in [0.25, 0.3) is 0 Å². The molecule has 1 aromatic carbocycles. The van der Waals surface area contributed by atoms with E-state index in [9.17, 15) is 0 Å². The van der Waals surface area contributed by atoms with Gasteiger partial charge in [-0.3, -0.25) is 10.2 Å². The fourth-order valence-corrected chi connectivity index (χ4v) is 3.43. The minimum Gasteiger partial charge on any atom is -0.464 e. The van der Waals surface area contributed by atoms with Crippen molar-refractivity contribution >= 4 is 0 Å². The Kier molecular flexibility index (Phi) is 6.29. The summed E-state index contributed by atoms with van der Waals surface area (Å²) in [5.41, 5.74) is 1.34. The second-order valence-electron chi connectivity index (χ2n) is 7.11. The highest BCUT2D eigenvalue weighted by Crippen LogP contribution is 2.23. The van der Waals surface area contributed by atoms with Crippen LogP contribution in [0.3, 0.4) is 0 Å². The lowest BCUT2D eigenvalue weighted by atomic mass is 10.0. The predicted molar refractivity (Wildman–Crippen MR) is 103 cm³/mol. The van der Waals surface area contributed by atoms with Crippen LogP contribution in [0, 0.1) is 0 Å². The van der Waals surface area contributed by atoms with Crippen molar-refractivity contribution in [3.05, 3.63) is 59.5 Å². The molecule has 1 aliphatic heterocycles. The average molecular weight is 341 g/mol. The van der Waals surface area contributed by atoms with Gasteiger partial charge in [0.05, 0.1) is 6.04 Å². The van der Waals surface area contributed by atoms with Crippen molar-refractivity contribution in [2.45, 2.75) is 32.4 Å². The van der Waals surface area contributed by atoms with Gasteiger partial charge in [0.1, 0.15) is 11.5 Å². The minimum absolute atomic E-state index is 0.193. The Balaban J connectivity index is 1.69. The number of furan rings is 1. The summed E-state index contributed by atoms with van der Waals surface area (Å²) >= 11 is 0. The molecule has 4 heteroatoms. The van der Waals surface area contributed by atoms with Crippen LogP contribution in [0.5, 0.6) is 0 Å². The number of piperazine rings is 1. The van der Waals surface area contributed by atoms with Gasteiger partial charge in [-0.1, -0.05) is 37.3 Å². The molecule has 2 atom stereocenters.